The highest BCUT2D eigenvalue weighted by molar-refractivity contribution is 5.71. The Labute approximate surface area is 390 Å². The summed E-state index contributed by atoms with van der Waals surface area (Å²) in [5.74, 6) is -0.936. The van der Waals surface area contributed by atoms with E-state index in [1.165, 1.54) is 148 Å². The van der Waals surface area contributed by atoms with E-state index in [1.807, 2.05) is 0 Å². The molecule has 0 bridgehead atoms. The van der Waals surface area contributed by atoms with Gasteiger partial charge < -0.3 is 14.2 Å². The minimum atomic E-state index is -0.793. The van der Waals surface area contributed by atoms with Gasteiger partial charge in [-0.05, 0) is 77.0 Å². The number of allylic oxidation sites excluding steroid dienone is 8. The largest absolute Gasteiger partial charge is 0.462 e. The first-order valence-electron chi connectivity index (χ1n) is 27.1. The molecule has 6 nitrogen and oxygen atoms in total. The quantitative estimate of drug-likeness (QED) is 0.0262. The Morgan fingerprint density at radius 1 is 0.333 bits per heavy atom. The molecule has 1 atom stereocenters. The Balaban J connectivity index is 4.35. The van der Waals surface area contributed by atoms with Crippen LogP contribution in [-0.4, -0.2) is 37.2 Å². The summed E-state index contributed by atoms with van der Waals surface area (Å²) in [6, 6.07) is 0. The lowest BCUT2D eigenvalue weighted by atomic mass is 10.0. The molecule has 1 unspecified atom stereocenters. The summed E-state index contributed by atoms with van der Waals surface area (Å²) >= 11 is 0. The average Bonchev–Trinajstić information content (AvgIpc) is 3.28. The van der Waals surface area contributed by atoms with Crippen LogP contribution in [0.3, 0.4) is 0 Å². The van der Waals surface area contributed by atoms with Crippen LogP contribution < -0.4 is 0 Å². The molecule has 0 fully saturated rings. The second kappa shape index (κ2) is 52.0. The first kappa shape index (κ1) is 60.4. The van der Waals surface area contributed by atoms with E-state index in [9.17, 15) is 14.4 Å². The Bertz CT molecular complexity index is 1110. The van der Waals surface area contributed by atoms with Crippen molar-refractivity contribution in [1.82, 2.24) is 0 Å². The van der Waals surface area contributed by atoms with E-state index < -0.39 is 6.10 Å². The van der Waals surface area contributed by atoms with Gasteiger partial charge in [0.25, 0.3) is 0 Å². The van der Waals surface area contributed by atoms with Crippen LogP contribution in [0.5, 0.6) is 0 Å². The molecule has 0 aliphatic heterocycles. The zero-order valence-corrected chi connectivity index (χ0v) is 41.8. The minimum Gasteiger partial charge on any atom is -0.462 e. The fourth-order valence-corrected chi connectivity index (χ4v) is 7.75. The predicted molar refractivity (Wildman–Crippen MR) is 270 cm³/mol. The number of unbranched alkanes of at least 4 members (excludes halogenated alkanes) is 30. The number of carbonyl (C=O) groups excluding carboxylic acids is 3. The van der Waals surface area contributed by atoms with Gasteiger partial charge in [-0.3, -0.25) is 14.4 Å². The number of rotatable bonds is 49. The van der Waals surface area contributed by atoms with Gasteiger partial charge in [0.15, 0.2) is 6.10 Å². The third-order valence-electron chi connectivity index (χ3n) is 11.8. The Kier molecular flexibility index (Phi) is 49.8. The maximum atomic E-state index is 12.8. The Morgan fingerprint density at radius 3 is 1.03 bits per heavy atom. The van der Waals surface area contributed by atoms with Crippen molar-refractivity contribution in [3.63, 3.8) is 0 Å². The fraction of sp³-hybridized carbons (Fsp3) is 0.807. The van der Waals surface area contributed by atoms with Gasteiger partial charge in [0.2, 0.25) is 0 Å². The minimum absolute atomic E-state index is 0.0886. The summed E-state index contributed by atoms with van der Waals surface area (Å²) in [6.45, 7) is 6.50. The third-order valence-corrected chi connectivity index (χ3v) is 11.8. The third kappa shape index (κ3) is 50.2. The first-order chi connectivity index (χ1) is 31.0. The van der Waals surface area contributed by atoms with Gasteiger partial charge in [-0.2, -0.15) is 0 Å². The van der Waals surface area contributed by atoms with Gasteiger partial charge in [0.05, 0.1) is 0 Å². The summed E-state index contributed by atoms with van der Waals surface area (Å²) in [5, 5.41) is 0. The number of hydrogen-bond donors (Lipinski definition) is 0. The van der Waals surface area contributed by atoms with Crippen molar-refractivity contribution < 1.29 is 28.6 Å². The van der Waals surface area contributed by atoms with E-state index in [-0.39, 0.29) is 31.1 Å². The topological polar surface area (TPSA) is 78.9 Å². The zero-order valence-electron chi connectivity index (χ0n) is 41.8. The highest BCUT2D eigenvalue weighted by Crippen LogP contribution is 2.16. The summed E-state index contributed by atoms with van der Waals surface area (Å²) in [6.07, 6.45) is 62.5. The predicted octanol–water partition coefficient (Wildman–Crippen LogP) is 17.9. The molecule has 0 heterocycles. The highest BCUT2D eigenvalue weighted by Gasteiger charge is 2.19. The SMILES string of the molecule is CC/C=C\C/C=C\C/C=C\CCCCC(=O)OCC(COC(=O)CCCCCCCCCCCCCCCCCCCCC)OC(=O)CCCCC/C=C\CCCCCCCCC. The van der Waals surface area contributed by atoms with E-state index >= 15 is 0 Å². The molecule has 0 saturated heterocycles. The van der Waals surface area contributed by atoms with Crippen molar-refractivity contribution in [3.05, 3.63) is 48.6 Å². The molecule has 0 aromatic rings. The Hall–Kier alpha value is -2.63. The number of esters is 3. The van der Waals surface area contributed by atoms with Gasteiger partial charge in [0.1, 0.15) is 13.2 Å². The normalized spacial score (nSPS) is 12.4. The average molecular weight is 883 g/mol. The maximum absolute atomic E-state index is 12.8. The second-order valence-electron chi connectivity index (χ2n) is 18.1. The smallest absolute Gasteiger partial charge is 0.306 e. The van der Waals surface area contributed by atoms with E-state index in [2.05, 4.69) is 69.4 Å². The zero-order chi connectivity index (χ0) is 45.8. The summed E-state index contributed by atoms with van der Waals surface area (Å²) in [5.41, 5.74) is 0. The molecule has 6 heteroatoms. The van der Waals surface area contributed by atoms with Crippen LogP contribution in [0.15, 0.2) is 48.6 Å². The van der Waals surface area contributed by atoms with Crippen molar-refractivity contribution in [2.24, 2.45) is 0 Å². The molecule has 63 heavy (non-hydrogen) atoms. The monoisotopic (exact) mass is 883 g/mol. The molecule has 0 aromatic heterocycles. The number of carbonyl (C=O) groups is 3. The van der Waals surface area contributed by atoms with Gasteiger partial charge in [0, 0.05) is 19.3 Å². The summed E-state index contributed by atoms with van der Waals surface area (Å²) < 4.78 is 16.8. The van der Waals surface area contributed by atoms with Crippen LogP contribution >= 0.6 is 0 Å². The highest BCUT2D eigenvalue weighted by atomic mass is 16.6. The molecule has 0 spiro atoms. The van der Waals surface area contributed by atoms with Gasteiger partial charge in [-0.1, -0.05) is 230 Å². The molecular weight excluding hydrogens is 781 g/mol. The first-order valence-corrected chi connectivity index (χ1v) is 27.1. The van der Waals surface area contributed by atoms with E-state index in [0.29, 0.717) is 19.3 Å². The standard InChI is InChI=1S/C57H102O6/c1-4-7-10-13-16-19-22-25-27-28-29-30-31-33-35-38-41-44-47-50-56(59)62-53-54(52-61-55(58)49-46-43-40-37-34-24-21-18-15-12-9-6-3)63-57(60)51-48-45-42-39-36-32-26-23-20-17-14-11-8-5-2/h9,12,18,21,32,34,36-37,54H,4-8,10-11,13-17,19-20,22-31,33,35,38-53H2,1-3H3/b12-9-,21-18-,36-32-,37-34-. The lowest BCUT2D eigenvalue weighted by Crippen LogP contribution is -2.30. The fourth-order valence-electron chi connectivity index (χ4n) is 7.75. The Morgan fingerprint density at radius 2 is 0.619 bits per heavy atom. The molecule has 0 aliphatic carbocycles. The van der Waals surface area contributed by atoms with Crippen LogP contribution in [0.25, 0.3) is 0 Å². The molecule has 0 rings (SSSR count). The maximum Gasteiger partial charge on any atom is 0.306 e. The molecular formula is C57H102O6. The van der Waals surface area contributed by atoms with Gasteiger partial charge in [-0.25, -0.2) is 0 Å². The van der Waals surface area contributed by atoms with Crippen LogP contribution in [-0.2, 0) is 28.6 Å². The summed E-state index contributed by atoms with van der Waals surface area (Å²) in [4.78, 5) is 38.0. The van der Waals surface area contributed by atoms with Crippen molar-refractivity contribution in [2.75, 3.05) is 13.2 Å². The van der Waals surface area contributed by atoms with Crippen LogP contribution in [0.1, 0.15) is 278 Å². The van der Waals surface area contributed by atoms with Gasteiger partial charge in [-0.15, -0.1) is 0 Å². The van der Waals surface area contributed by atoms with Crippen LogP contribution in [0, 0.1) is 0 Å². The molecule has 0 saturated carbocycles. The lowest BCUT2D eigenvalue weighted by molar-refractivity contribution is -0.167. The van der Waals surface area contributed by atoms with Crippen LogP contribution in [0.2, 0.25) is 0 Å². The van der Waals surface area contributed by atoms with E-state index in [1.54, 1.807) is 0 Å². The number of hydrogen-bond acceptors (Lipinski definition) is 6. The van der Waals surface area contributed by atoms with E-state index in [4.69, 9.17) is 14.2 Å². The summed E-state index contributed by atoms with van der Waals surface area (Å²) in [7, 11) is 0. The second-order valence-corrected chi connectivity index (χ2v) is 18.1. The van der Waals surface area contributed by atoms with Crippen LogP contribution in [0.4, 0.5) is 0 Å². The molecule has 366 valence electrons. The molecule has 0 N–H and O–H groups in total. The molecule has 0 amide bonds. The van der Waals surface area contributed by atoms with Crippen molar-refractivity contribution in [3.8, 4) is 0 Å². The lowest BCUT2D eigenvalue weighted by Gasteiger charge is -2.18. The molecule has 0 radical (unpaired) electrons. The van der Waals surface area contributed by atoms with Crippen molar-refractivity contribution in [2.45, 2.75) is 284 Å². The van der Waals surface area contributed by atoms with Gasteiger partial charge >= 0.3 is 17.9 Å². The van der Waals surface area contributed by atoms with Crippen molar-refractivity contribution in [1.29, 1.82) is 0 Å². The van der Waals surface area contributed by atoms with Crippen molar-refractivity contribution >= 4 is 17.9 Å². The molecule has 0 aliphatic rings. The molecule has 0 aromatic carbocycles. The van der Waals surface area contributed by atoms with E-state index in [0.717, 1.165) is 89.9 Å². The number of ether oxygens (including phenoxy) is 3.